The van der Waals surface area contributed by atoms with Gasteiger partial charge in [0.05, 0.1) is 0 Å². The Morgan fingerprint density at radius 2 is 1.45 bits per heavy atom. The highest BCUT2D eigenvalue weighted by Crippen LogP contribution is 2.13. The van der Waals surface area contributed by atoms with Crippen molar-refractivity contribution in [2.75, 3.05) is 6.61 Å². The number of esters is 3. The molecule has 180 valence electrons. The first-order valence-corrected chi connectivity index (χ1v) is 12.0. The van der Waals surface area contributed by atoms with Crippen LogP contribution >= 0.6 is 0 Å². The molecule has 0 heterocycles. The predicted molar refractivity (Wildman–Crippen MR) is 123 cm³/mol. The highest BCUT2D eigenvalue weighted by Gasteiger charge is 2.10. The molecule has 0 aliphatic carbocycles. The van der Waals surface area contributed by atoms with Gasteiger partial charge in [0.2, 0.25) is 0 Å². The van der Waals surface area contributed by atoms with Crippen molar-refractivity contribution < 1.29 is 28.6 Å². The van der Waals surface area contributed by atoms with Crippen molar-refractivity contribution >= 4 is 17.9 Å². The molecule has 0 fully saturated rings. The quantitative estimate of drug-likeness (QED) is 0.105. The van der Waals surface area contributed by atoms with E-state index in [0.717, 1.165) is 57.8 Å². The third kappa shape index (κ3) is 21.2. The molecule has 0 aliphatic heterocycles. The van der Waals surface area contributed by atoms with Crippen LogP contribution in [-0.2, 0) is 28.6 Å². The van der Waals surface area contributed by atoms with Crippen LogP contribution in [-0.4, -0.2) is 36.7 Å². The molecule has 0 N–H and O–H groups in total. The van der Waals surface area contributed by atoms with E-state index in [1.54, 1.807) is 6.92 Å². The van der Waals surface area contributed by atoms with Gasteiger partial charge in [-0.3, -0.25) is 14.4 Å². The van der Waals surface area contributed by atoms with Crippen molar-refractivity contribution in [2.45, 2.75) is 123 Å². The van der Waals surface area contributed by atoms with Crippen LogP contribution in [0.4, 0.5) is 0 Å². The predicted octanol–water partition coefficient (Wildman–Crippen LogP) is 6.06. The van der Waals surface area contributed by atoms with Crippen LogP contribution in [0.2, 0.25) is 0 Å². The fourth-order valence-electron chi connectivity index (χ4n) is 3.29. The zero-order valence-electron chi connectivity index (χ0n) is 20.2. The van der Waals surface area contributed by atoms with Gasteiger partial charge in [-0.2, -0.15) is 0 Å². The first-order valence-electron chi connectivity index (χ1n) is 12.0. The smallest absolute Gasteiger partial charge is 0.305 e. The van der Waals surface area contributed by atoms with Gasteiger partial charge < -0.3 is 14.2 Å². The summed E-state index contributed by atoms with van der Waals surface area (Å²) in [6.45, 7) is 6.82. The Labute approximate surface area is 189 Å². The first-order chi connectivity index (χ1) is 14.8. The summed E-state index contributed by atoms with van der Waals surface area (Å²) in [5, 5.41) is 0. The highest BCUT2D eigenvalue weighted by atomic mass is 16.6. The summed E-state index contributed by atoms with van der Waals surface area (Å²) in [5.41, 5.74) is 0. The van der Waals surface area contributed by atoms with Crippen LogP contribution in [0.15, 0.2) is 12.2 Å². The molecular formula is C25H44O6. The fourth-order valence-corrected chi connectivity index (χ4v) is 3.29. The first kappa shape index (κ1) is 29.1. The lowest BCUT2D eigenvalue weighted by atomic mass is 10.1. The summed E-state index contributed by atoms with van der Waals surface area (Å²) in [7, 11) is 0. The van der Waals surface area contributed by atoms with E-state index < -0.39 is 6.10 Å². The minimum atomic E-state index is -0.403. The largest absolute Gasteiger partial charge is 0.462 e. The standard InChI is InChI=1S/C25H44O6/c1-5-6-7-14-17-24(31-23(4)27)18-15-12-10-8-9-11-13-16-19-25(28)29-20-21(2)30-22(3)26/h12,15,21,24H,5-11,13-14,16-20H2,1-4H3/b15-12+/t21-,24+/m1/s1. The van der Waals surface area contributed by atoms with E-state index in [9.17, 15) is 14.4 Å². The van der Waals surface area contributed by atoms with Gasteiger partial charge in [-0.1, -0.05) is 57.6 Å². The zero-order chi connectivity index (χ0) is 23.3. The second kappa shape index (κ2) is 20.1. The topological polar surface area (TPSA) is 78.9 Å². The minimum Gasteiger partial charge on any atom is -0.462 e. The molecule has 0 rings (SSSR count). The van der Waals surface area contributed by atoms with E-state index in [1.807, 2.05) is 0 Å². The summed E-state index contributed by atoms with van der Waals surface area (Å²) in [4.78, 5) is 33.7. The van der Waals surface area contributed by atoms with E-state index >= 15 is 0 Å². The molecule has 2 atom stereocenters. The SMILES string of the molecule is CCCCCC[C@@H](C/C=C/CCCCCCCC(=O)OC[C@@H](C)OC(C)=O)OC(C)=O. The molecule has 6 nitrogen and oxygen atoms in total. The average Bonchev–Trinajstić information content (AvgIpc) is 2.69. The molecule has 0 bridgehead atoms. The number of rotatable bonds is 19. The average molecular weight is 441 g/mol. The third-order valence-electron chi connectivity index (χ3n) is 4.88. The van der Waals surface area contributed by atoms with Crippen molar-refractivity contribution in [3.63, 3.8) is 0 Å². The number of ether oxygens (including phenoxy) is 3. The van der Waals surface area contributed by atoms with Gasteiger partial charge in [-0.15, -0.1) is 0 Å². The van der Waals surface area contributed by atoms with Crippen molar-refractivity contribution in [1.29, 1.82) is 0 Å². The Hall–Kier alpha value is -1.85. The molecule has 0 aromatic rings. The number of hydrogen-bond donors (Lipinski definition) is 0. The summed E-state index contributed by atoms with van der Waals surface area (Å²) in [6, 6.07) is 0. The van der Waals surface area contributed by atoms with E-state index in [1.165, 1.54) is 33.1 Å². The van der Waals surface area contributed by atoms with Gasteiger partial charge in [-0.05, 0) is 39.0 Å². The van der Waals surface area contributed by atoms with Crippen LogP contribution in [0.1, 0.15) is 111 Å². The number of allylic oxidation sites excluding steroid dienone is 1. The fraction of sp³-hybridized carbons (Fsp3) is 0.800. The third-order valence-corrected chi connectivity index (χ3v) is 4.88. The molecule has 0 aliphatic rings. The van der Waals surface area contributed by atoms with Crippen molar-refractivity contribution in [2.24, 2.45) is 0 Å². The van der Waals surface area contributed by atoms with Gasteiger partial charge in [0.1, 0.15) is 18.8 Å². The molecule has 0 saturated carbocycles. The van der Waals surface area contributed by atoms with Crippen LogP contribution < -0.4 is 0 Å². The number of carbonyl (C=O) groups is 3. The Balaban J connectivity index is 3.70. The van der Waals surface area contributed by atoms with E-state index in [2.05, 4.69) is 19.1 Å². The summed E-state index contributed by atoms with van der Waals surface area (Å²) in [5.74, 6) is -0.805. The van der Waals surface area contributed by atoms with E-state index in [-0.39, 0.29) is 30.6 Å². The van der Waals surface area contributed by atoms with E-state index in [0.29, 0.717) is 6.42 Å². The van der Waals surface area contributed by atoms with Crippen LogP contribution in [0.25, 0.3) is 0 Å². The molecular weight excluding hydrogens is 396 g/mol. The van der Waals surface area contributed by atoms with Gasteiger partial charge in [0.15, 0.2) is 0 Å². The molecule has 6 heteroatoms. The van der Waals surface area contributed by atoms with Gasteiger partial charge in [0.25, 0.3) is 0 Å². The second-order valence-electron chi connectivity index (χ2n) is 8.20. The maximum atomic E-state index is 11.7. The lowest BCUT2D eigenvalue weighted by Crippen LogP contribution is -2.21. The second-order valence-corrected chi connectivity index (χ2v) is 8.20. The Morgan fingerprint density at radius 1 is 0.806 bits per heavy atom. The maximum Gasteiger partial charge on any atom is 0.305 e. The Bertz CT molecular complexity index is 514. The number of hydrogen-bond acceptors (Lipinski definition) is 6. The maximum absolute atomic E-state index is 11.7. The van der Waals surface area contributed by atoms with Crippen molar-refractivity contribution in [1.82, 2.24) is 0 Å². The number of carbonyl (C=O) groups excluding carboxylic acids is 3. The summed E-state index contributed by atoms with van der Waals surface area (Å²) >= 11 is 0. The molecule has 0 unspecified atom stereocenters. The summed E-state index contributed by atoms with van der Waals surface area (Å²) < 4.78 is 15.4. The molecule has 0 saturated heterocycles. The Morgan fingerprint density at radius 3 is 2.13 bits per heavy atom. The highest BCUT2D eigenvalue weighted by molar-refractivity contribution is 5.69. The van der Waals surface area contributed by atoms with Crippen LogP contribution in [0.3, 0.4) is 0 Å². The lowest BCUT2D eigenvalue weighted by molar-refractivity contribution is -0.156. The molecule has 0 spiro atoms. The van der Waals surface area contributed by atoms with Crippen LogP contribution in [0, 0.1) is 0 Å². The minimum absolute atomic E-state index is 0.00220. The van der Waals surface area contributed by atoms with Crippen LogP contribution in [0.5, 0.6) is 0 Å². The molecule has 0 aromatic heterocycles. The van der Waals surface area contributed by atoms with E-state index in [4.69, 9.17) is 14.2 Å². The van der Waals surface area contributed by atoms with Gasteiger partial charge in [0, 0.05) is 26.7 Å². The lowest BCUT2D eigenvalue weighted by Gasteiger charge is -2.15. The molecule has 0 amide bonds. The normalized spacial score (nSPS) is 13.0. The molecule has 31 heavy (non-hydrogen) atoms. The Kier molecular flexibility index (Phi) is 18.9. The summed E-state index contributed by atoms with van der Waals surface area (Å²) in [6.07, 6.45) is 17.0. The monoisotopic (exact) mass is 440 g/mol. The van der Waals surface area contributed by atoms with Crippen molar-refractivity contribution in [3.8, 4) is 0 Å². The zero-order valence-corrected chi connectivity index (χ0v) is 20.2. The van der Waals surface area contributed by atoms with Gasteiger partial charge in [-0.25, -0.2) is 0 Å². The molecule has 0 radical (unpaired) electrons. The number of unbranched alkanes of at least 4 members (excludes halogenated alkanes) is 8. The van der Waals surface area contributed by atoms with Gasteiger partial charge >= 0.3 is 17.9 Å². The molecule has 0 aromatic carbocycles. The van der Waals surface area contributed by atoms with Crippen molar-refractivity contribution in [3.05, 3.63) is 12.2 Å².